The zero-order valence-electron chi connectivity index (χ0n) is 11.7. The fourth-order valence-corrected chi connectivity index (χ4v) is 2.37. The van der Waals surface area contributed by atoms with Gasteiger partial charge in [0.25, 0.3) is 5.91 Å². The van der Waals surface area contributed by atoms with Crippen molar-refractivity contribution in [2.45, 2.75) is 25.8 Å². The smallest absolute Gasteiger partial charge is 0.306 e. The van der Waals surface area contributed by atoms with E-state index in [0.717, 1.165) is 18.4 Å². The highest BCUT2D eigenvalue weighted by molar-refractivity contribution is 6.31. The van der Waals surface area contributed by atoms with Crippen LogP contribution in [0.3, 0.4) is 0 Å². The van der Waals surface area contributed by atoms with Crippen molar-refractivity contribution in [3.8, 4) is 0 Å². The maximum absolute atomic E-state index is 11.6. The normalized spacial score (nSPS) is 16.7. The standard InChI is InChI=1S/C16H18ClNO3/c17-14-8-4-3-7-13(14)10-18-15(19)11-21-16(20)9-12-5-1-2-6-12/h1,3-5,7-8,12H,2,6,9-11H2,(H,18,19)/t12-/m0/s1. The van der Waals surface area contributed by atoms with Crippen molar-refractivity contribution in [3.63, 3.8) is 0 Å². The number of carbonyl (C=O) groups excluding carboxylic acids is 2. The molecule has 1 atom stereocenters. The van der Waals surface area contributed by atoms with Gasteiger partial charge in [0.15, 0.2) is 6.61 Å². The van der Waals surface area contributed by atoms with E-state index in [1.807, 2.05) is 24.3 Å². The molecule has 0 saturated heterocycles. The molecular formula is C16H18ClNO3. The topological polar surface area (TPSA) is 55.4 Å². The molecule has 0 aromatic heterocycles. The molecule has 0 spiro atoms. The summed E-state index contributed by atoms with van der Waals surface area (Å²) in [5, 5.41) is 3.27. The van der Waals surface area contributed by atoms with Gasteiger partial charge in [-0.2, -0.15) is 0 Å². The van der Waals surface area contributed by atoms with E-state index in [2.05, 4.69) is 11.4 Å². The van der Waals surface area contributed by atoms with Crippen LogP contribution in [0.1, 0.15) is 24.8 Å². The fourth-order valence-electron chi connectivity index (χ4n) is 2.17. The molecule has 0 saturated carbocycles. The minimum absolute atomic E-state index is 0.250. The molecule has 0 bridgehead atoms. The Morgan fingerprint density at radius 3 is 2.86 bits per heavy atom. The molecule has 1 aliphatic carbocycles. The largest absolute Gasteiger partial charge is 0.456 e. The number of allylic oxidation sites excluding steroid dienone is 2. The molecule has 0 unspecified atom stereocenters. The minimum Gasteiger partial charge on any atom is -0.456 e. The monoisotopic (exact) mass is 307 g/mol. The molecule has 0 aliphatic heterocycles. The highest BCUT2D eigenvalue weighted by Gasteiger charge is 2.15. The van der Waals surface area contributed by atoms with Gasteiger partial charge >= 0.3 is 5.97 Å². The summed E-state index contributed by atoms with van der Waals surface area (Å²) in [4.78, 5) is 23.2. The van der Waals surface area contributed by atoms with Gasteiger partial charge in [-0.15, -0.1) is 0 Å². The number of ether oxygens (including phenoxy) is 1. The number of hydrogen-bond acceptors (Lipinski definition) is 3. The number of nitrogens with one attached hydrogen (secondary N) is 1. The fraction of sp³-hybridized carbons (Fsp3) is 0.375. The molecule has 21 heavy (non-hydrogen) atoms. The molecule has 112 valence electrons. The quantitative estimate of drug-likeness (QED) is 0.649. The van der Waals surface area contributed by atoms with Gasteiger partial charge in [0.1, 0.15) is 0 Å². The molecule has 0 fully saturated rings. The van der Waals surface area contributed by atoms with Gasteiger partial charge in [0, 0.05) is 11.6 Å². The Balaban J connectivity index is 1.66. The van der Waals surface area contributed by atoms with E-state index in [4.69, 9.17) is 16.3 Å². The van der Waals surface area contributed by atoms with Gasteiger partial charge in [-0.05, 0) is 30.4 Å². The molecule has 1 aliphatic rings. The predicted octanol–water partition coefficient (Wildman–Crippen LogP) is 2.86. The minimum atomic E-state index is -0.334. The zero-order chi connectivity index (χ0) is 15.1. The Morgan fingerprint density at radius 2 is 2.14 bits per heavy atom. The summed E-state index contributed by atoms with van der Waals surface area (Å²) < 4.78 is 4.97. The predicted molar refractivity (Wildman–Crippen MR) is 80.7 cm³/mol. The van der Waals surface area contributed by atoms with Crippen molar-refractivity contribution in [2.75, 3.05) is 6.61 Å². The van der Waals surface area contributed by atoms with Gasteiger partial charge in [0.2, 0.25) is 0 Å². The summed E-state index contributed by atoms with van der Waals surface area (Å²) in [5.74, 6) is -0.409. The summed E-state index contributed by atoms with van der Waals surface area (Å²) >= 11 is 5.99. The Hall–Kier alpha value is -1.81. The van der Waals surface area contributed by atoms with Gasteiger partial charge < -0.3 is 10.1 Å². The third kappa shape index (κ3) is 5.23. The Morgan fingerprint density at radius 1 is 1.33 bits per heavy atom. The van der Waals surface area contributed by atoms with Crippen molar-refractivity contribution >= 4 is 23.5 Å². The van der Waals surface area contributed by atoms with E-state index in [0.29, 0.717) is 18.0 Å². The Bertz CT molecular complexity index is 542. The molecule has 1 aromatic rings. The number of benzene rings is 1. The van der Waals surface area contributed by atoms with Gasteiger partial charge in [-0.1, -0.05) is 42.0 Å². The van der Waals surface area contributed by atoms with Crippen molar-refractivity contribution in [1.29, 1.82) is 0 Å². The molecule has 2 rings (SSSR count). The van der Waals surface area contributed by atoms with E-state index in [9.17, 15) is 9.59 Å². The molecule has 0 heterocycles. The first-order chi connectivity index (χ1) is 10.1. The molecule has 1 aromatic carbocycles. The average molecular weight is 308 g/mol. The van der Waals surface area contributed by atoms with E-state index in [1.165, 1.54) is 0 Å². The van der Waals surface area contributed by atoms with Crippen LogP contribution in [0, 0.1) is 5.92 Å². The van der Waals surface area contributed by atoms with E-state index in [-0.39, 0.29) is 24.4 Å². The Labute approximate surface area is 129 Å². The van der Waals surface area contributed by atoms with Crippen LogP contribution in [0.15, 0.2) is 36.4 Å². The SMILES string of the molecule is O=C(COC(=O)C[C@H]1C=CCC1)NCc1ccccc1Cl. The van der Waals surface area contributed by atoms with Crippen LogP contribution in [-0.2, 0) is 20.9 Å². The number of esters is 1. The second-order valence-electron chi connectivity index (χ2n) is 5.00. The first kappa shape index (κ1) is 15.6. The maximum atomic E-state index is 11.6. The zero-order valence-corrected chi connectivity index (χ0v) is 12.4. The lowest BCUT2D eigenvalue weighted by molar-refractivity contribution is -0.149. The maximum Gasteiger partial charge on any atom is 0.306 e. The summed E-state index contributed by atoms with van der Waals surface area (Å²) in [6.45, 7) is 0.0706. The van der Waals surface area contributed by atoms with Gasteiger partial charge in [-0.25, -0.2) is 0 Å². The number of rotatable bonds is 6. The lowest BCUT2D eigenvalue weighted by Crippen LogP contribution is -2.28. The summed E-state index contributed by atoms with van der Waals surface area (Å²) in [6, 6.07) is 7.27. The molecule has 1 N–H and O–H groups in total. The van der Waals surface area contributed by atoms with Crippen LogP contribution < -0.4 is 5.32 Å². The summed E-state index contributed by atoms with van der Waals surface area (Å²) in [5.41, 5.74) is 0.829. The van der Waals surface area contributed by atoms with Crippen molar-refractivity contribution in [1.82, 2.24) is 5.32 Å². The number of halogens is 1. The lowest BCUT2D eigenvalue weighted by atomic mass is 10.1. The lowest BCUT2D eigenvalue weighted by Gasteiger charge is -2.09. The van der Waals surface area contributed by atoms with E-state index >= 15 is 0 Å². The van der Waals surface area contributed by atoms with Crippen LogP contribution in [0.5, 0.6) is 0 Å². The van der Waals surface area contributed by atoms with Crippen molar-refractivity contribution < 1.29 is 14.3 Å². The third-order valence-electron chi connectivity index (χ3n) is 3.34. The van der Waals surface area contributed by atoms with E-state index in [1.54, 1.807) is 6.07 Å². The van der Waals surface area contributed by atoms with Crippen LogP contribution in [0.2, 0.25) is 5.02 Å². The second-order valence-corrected chi connectivity index (χ2v) is 5.41. The number of carbonyl (C=O) groups is 2. The highest BCUT2D eigenvalue weighted by Crippen LogP contribution is 2.20. The van der Waals surface area contributed by atoms with Crippen molar-refractivity contribution in [3.05, 3.63) is 47.0 Å². The van der Waals surface area contributed by atoms with Crippen molar-refractivity contribution in [2.24, 2.45) is 5.92 Å². The van der Waals surface area contributed by atoms with E-state index < -0.39 is 0 Å². The van der Waals surface area contributed by atoms with Crippen LogP contribution in [0.25, 0.3) is 0 Å². The molecule has 5 heteroatoms. The highest BCUT2D eigenvalue weighted by atomic mass is 35.5. The van der Waals surface area contributed by atoms with Gasteiger partial charge in [0.05, 0.1) is 6.42 Å². The number of hydrogen-bond donors (Lipinski definition) is 1. The third-order valence-corrected chi connectivity index (χ3v) is 3.71. The summed E-state index contributed by atoms with van der Waals surface area (Å²) in [6.07, 6.45) is 6.42. The molecular weight excluding hydrogens is 290 g/mol. The van der Waals surface area contributed by atoms with Crippen LogP contribution >= 0.6 is 11.6 Å². The first-order valence-corrected chi connectivity index (χ1v) is 7.35. The second kappa shape index (κ2) is 7.84. The Kier molecular flexibility index (Phi) is 5.81. The average Bonchev–Trinajstić information content (AvgIpc) is 2.97. The summed E-state index contributed by atoms with van der Waals surface area (Å²) in [7, 11) is 0. The first-order valence-electron chi connectivity index (χ1n) is 6.97. The number of amides is 1. The molecule has 1 amide bonds. The van der Waals surface area contributed by atoms with Crippen LogP contribution in [0.4, 0.5) is 0 Å². The van der Waals surface area contributed by atoms with Crippen LogP contribution in [-0.4, -0.2) is 18.5 Å². The van der Waals surface area contributed by atoms with Gasteiger partial charge in [-0.3, -0.25) is 9.59 Å². The molecule has 0 radical (unpaired) electrons. The molecule has 4 nitrogen and oxygen atoms in total.